The van der Waals surface area contributed by atoms with Crippen LogP contribution in [0.5, 0.6) is 0 Å². The van der Waals surface area contributed by atoms with Gasteiger partial charge in [0.2, 0.25) is 5.91 Å². The number of carbonyl (C=O) groups is 3. The van der Waals surface area contributed by atoms with Crippen molar-refractivity contribution in [1.82, 2.24) is 20.4 Å². The summed E-state index contributed by atoms with van der Waals surface area (Å²) in [5, 5.41) is 17.7. The fraction of sp³-hybridized carbons (Fsp3) is 0.464. The number of hydrogen-bond donors (Lipinski definition) is 4. The molecule has 0 aromatic heterocycles. The van der Waals surface area contributed by atoms with Crippen LogP contribution in [0.4, 0.5) is 38.1 Å². The van der Waals surface area contributed by atoms with Gasteiger partial charge in [0, 0.05) is 62.4 Å². The summed E-state index contributed by atoms with van der Waals surface area (Å²) in [5.41, 5.74) is -0.112. The number of alkyl halides is 3. The first-order valence-corrected chi connectivity index (χ1v) is 14.3. The molecule has 2 saturated heterocycles. The van der Waals surface area contributed by atoms with Gasteiger partial charge in [-0.2, -0.15) is 13.2 Å². The maximum Gasteiger partial charge on any atom is 0.408 e. The molecule has 2 aromatic rings. The average Bonchev–Trinajstić information content (AvgIpc) is 3.51. The van der Waals surface area contributed by atoms with E-state index in [1.807, 2.05) is 4.90 Å². The SMILES string of the molecule is O=C(CN(C(=O)O)C1CCNC1)NCc1ccc(C(=O)Nc2ccc(Cl)cc2N2CCN(CCC(F)(F)F)CC2)c(F)c1F. The minimum Gasteiger partial charge on any atom is -0.465 e. The number of nitrogens with zero attached hydrogens (tertiary/aromatic N) is 3. The Hall–Kier alpha value is -3.69. The summed E-state index contributed by atoms with van der Waals surface area (Å²) in [6.07, 6.45) is -5.89. The van der Waals surface area contributed by atoms with Crippen LogP contribution in [0.25, 0.3) is 0 Å². The molecule has 1 unspecified atom stereocenters. The van der Waals surface area contributed by atoms with E-state index in [9.17, 15) is 37.1 Å². The lowest BCUT2D eigenvalue weighted by Crippen LogP contribution is -2.47. The molecule has 0 radical (unpaired) electrons. The summed E-state index contributed by atoms with van der Waals surface area (Å²) in [5.74, 6) is -4.43. The van der Waals surface area contributed by atoms with E-state index in [0.717, 1.165) is 17.0 Å². The predicted molar refractivity (Wildman–Crippen MR) is 153 cm³/mol. The molecule has 3 amide bonds. The van der Waals surface area contributed by atoms with Crippen LogP contribution in [0.3, 0.4) is 0 Å². The highest BCUT2D eigenvalue weighted by molar-refractivity contribution is 6.31. The normalized spacial score (nSPS) is 17.4. The maximum atomic E-state index is 15.0. The van der Waals surface area contributed by atoms with Crippen molar-refractivity contribution in [3.05, 3.63) is 58.1 Å². The first-order chi connectivity index (χ1) is 20.8. The van der Waals surface area contributed by atoms with Crippen molar-refractivity contribution in [3.63, 3.8) is 0 Å². The van der Waals surface area contributed by atoms with E-state index < -0.39 is 60.8 Å². The molecule has 0 bridgehead atoms. The van der Waals surface area contributed by atoms with Gasteiger partial charge in [-0.15, -0.1) is 0 Å². The molecule has 0 aliphatic carbocycles. The van der Waals surface area contributed by atoms with Crippen LogP contribution in [-0.4, -0.2) is 97.4 Å². The topological polar surface area (TPSA) is 117 Å². The van der Waals surface area contributed by atoms with Crippen LogP contribution < -0.4 is 20.9 Å². The van der Waals surface area contributed by atoms with Crippen LogP contribution in [0.15, 0.2) is 30.3 Å². The number of rotatable bonds is 10. The highest BCUT2D eigenvalue weighted by Gasteiger charge is 2.30. The molecule has 16 heteroatoms. The molecule has 2 aliphatic rings. The zero-order valence-corrected chi connectivity index (χ0v) is 24.3. The van der Waals surface area contributed by atoms with Crippen LogP contribution in [0.1, 0.15) is 28.8 Å². The number of carboxylic acid groups (broad SMARTS) is 1. The van der Waals surface area contributed by atoms with Gasteiger partial charge in [-0.3, -0.25) is 19.4 Å². The van der Waals surface area contributed by atoms with Crippen molar-refractivity contribution in [2.75, 3.05) is 62.6 Å². The first kappa shape index (κ1) is 33.2. The van der Waals surface area contributed by atoms with Gasteiger partial charge in [0.25, 0.3) is 5.91 Å². The number of carbonyl (C=O) groups excluding carboxylic acids is 2. The predicted octanol–water partition coefficient (Wildman–Crippen LogP) is 3.90. The third-order valence-corrected chi connectivity index (χ3v) is 7.79. The van der Waals surface area contributed by atoms with Crippen molar-refractivity contribution in [2.24, 2.45) is 0 Å². The number of benzene rings is 2. The summed E-state index contributed by atoms with van der Waals surface area (Å²) < 4.78 is 67.7. The first-order valence-electron chi connectivity index (χ1n) is 13.9. The molecular weight excluding hydrogens is 615 g/mol. The van der Waals surface area contributed by atoms with Gasteiger partial charge in [0.05, 0.1) is 23.4 Å². The summed E-state index contributed by atoms with van der Waals surface area (Å²) in [6.45, 7) is 1.39. The van der Waals surface area contributed by atoms with Gasteiger partial charge in [-0.25, -0.2) is 13.6 Å². The lowest BCUT2D eigenvalue weighted by molar-refractivity contribution is -0.138. The van der Waals surface area contributed by atoms with Gasteiger partial charge >= 0.3 is 12.3 Å². The minimum absolute atomic E-state index is 0.125. The molecular formula is C28H32ClF5N6O4. The molecule has 10 nitrogen and oxygen atoms in total. The van der Waals surface area contributed by atoms with Crippen molar-refractivity contribution in [2.45, 2.75) is 31.6 Å². The lowest BCUT2D eigenvalue weighted by atomic mass is 10.1. The second kappa shape index (κ2) is 14.4. The molecule has 2 heterocycles. The molecule has 1 atom stereocenters. The molecule has 0 saturated carbocycles. The van der Waals surface area contributed by atoms with Gasteiger partial charge < -0.3 is 26.0 Å². The second-order valence-electron chi connectivity index (χ2n) is 10.5. The van der Waals surface area contributed by atoms with Crippen molar-refractivity contribution in [1.29, 1.82) is 0 Å². The van der Waals surface area contributed by atoms with Crippen molar-refractivity contribution >= 4 is 40.9 Å². The summed E-state index contributed by atoms with van der Waals surface area (Å²) in [4.78, 5) is 41.4. The van der Waals surface area contributed by atoms with Gasteiger partial charge in [0.1, 0.15) is 6.54 Å². The number of amides is 3. The highest BCUT2D eigenvalue weighted by atomic mass is 35.5. The lowest BCUT2D eigenvalue weighted by Gasteiger charge is -2.37. The molecule has 2 aromatic carbocycles. The number of piperazine rings is 1. The summed E-state index contributed by atoms with van der Waals surface area (Å²) in [6, 6.07) is 6.40. The van der Waals surface area contributed by atoms with E-state index in [-0.39, 0.29) is 23.8 Å². The molecule has 4 rings (SSSR count). The molecule has 4 N–H and O–H groups in total. The highest BCUT2D eigenvalue weighted by Crippen LogP contribution is 2.31. The van der Waals surface area contributed by atoms with E-state index in [1.165, 1.54) is 12.1 Å². The quantitative estimate of drug-likeness (QED) is 0.289. The standard InChI is InChI=1S/C28H32ClF5N6O4/c29-18-2-4-21(22(13-18)39-11-9-38(10-12-39)8-6-28(32,33)34)37-26(42)20-3-1-17(24(30)25(20)31)14-36-23(41)16-40(27(43)44)19-5-7-35-15-19/h1-4,13,19,35H,5-12,14-16H2,(H,36,41)(H,37,42)(H,43,44). The minimum atomic E-state index is -4.25. The van der Waals surface area contributed by atoms with E-state index in [0.29, 0.717) is 56.4 Å². The van der Waals surface area contributed by atoms with Crippen LogP contribution in [-0.2, 0) is 11.3 Å². The Morgan fingerprint density at radius 3 is 2.43 bits per heavy atom. The Labute approximate surface area is 255 Å². The maximum absolute atomic E-state index is 15.0. The van der Waals surface area contributed by atoms with E-state index >= 15 is 4.39 Å². The number of nitrogens with one attached hydrogen (secondary N) is 3. The molecule has 44 heavy (non-hydrogen) atoms. The van der Waals surface area contributed by atoms with E-state index in [2.05, 4.69) is 16.0 Å². The molecule has 2 fully saturated rings. The van der Waals surface area contributed by atoms with Crippen LogP contribution in [0.2, 0.25) is 5.02 Å². The average molecular weight is 647 g/mol. The fourth-order valence-corrected chi connectivity index (χ4v) is 5.29. The number of anilines is 2. The van der Waals surface area contributed by atoms with Crippen molar-refractivity contribution < 1.29 is 41.4 Å². The number of halogens is 6. The van der Waals surface area contributed by atoms with Gasteiger partial charge in [-0.05, 0) is 37.2 Å². The zero-order chi connectivity index (χ0) is 32.0. The zero-order valence-electron chi connectivity index (χ0n) is 23.5. The molecule has 240 valence electrons. The molecule has 2 aliphatic heterocycles. The Kier molecular flexibility index (Phi) is 10.9. The smallest absolute Gasteiger partial charge is 0.408 e. The number of hydrogen-bond acceptors (Lipinski definition) is 6. The monoisotopic (exact) mass is 646 g/mol. The third kappa shape index (κ3) is 8.70. The van der Waals surface area contributed by atoms with E-state index in [1.54, 1.807) is 11.0 Å². The summed E-state index contributed by atoms with van der Waals surface area (Å²) >= 11 is 6.16. The van der Waals surface area contributed by atoms with Gasteiger partial charge in [-0.1, -0.05) is 17.7 Å². The third-order valence-electron chi connectivity index (χ3n) is 7.55. The van der Waals surface area contributed by atoms with E-state index in [4.69, 9.17) is 11.6 Å². The molecule has 0 spiro atoms. The summed E-state index contributed by atoms with van der Waals surface area (Å²) in [7, 11) is 0. The van der Waals surface area contributed by atoms with Gasteiger partial charge in [0.15, 0.2) is 11.6 Å². The Bertz CT molecular complexity index is 1370. The largest absolute Gasteiger partial charge is 0.465 e. The second-order valence-corrected chi connectivity index (χ2v) is 11.0. The Morgan fingerprint density at radius 1 is 1.07 bits per heavy atom. The van der Waals surface area contributed by atoms with Crippen molar-refractivity contribution in [3.8, 4) is 0 Å². The van der Waals surface area contributed by atoms with Crippen LogP contribution >= 0.6 is 11.6 Å². The van der Waals surface area contributed by atoms with Crippen LogP contribution in [0, 0.1) is 11.6 Å². The fourth-order valence-electron chi connectivity index (χ4n) is 5.12. The Balaban J connectivity index is 1.38. The Morgan fingerprint density at radius 2 is 1.80 bits per heavy atom.